The van der Waals surface area contributed by atoms with E-state index in [9.17, 15) is 9.90 Å². The summed E-state index contributed by atoms with van der Waals surface area (Å²) >= 11 is 0. The Balaban J connectivity index is 1.29. The maximum Gasteiger partial charge on any atom is 0.253 e. The fourth-order valence-electron chi connectivity index (χ4n) is 4.68. The predicted molar refractivity (Wildman–Crippen MR) is 131 cm³/mol. The molecule has 1 atom stereocenters. The maximum atomic E-state index is 13.2. The number of amides is 1. The Bertz CT molecular complexity index is 1320. The van der Waals surface area contributed by atoms with Gasteiger partial charge < -0.3 is 19.5 Å². The molecule has 0 radical (unpaired) electrons. The number of benzene rings is 1. The van der Waals surface area contributed by atoms with Crippen molar-refractivity contribution in [1.29, 1.82) is 0 Å². The largest absolute Gasteiger partial charge is 0.386 e. The van der Waals surface area contributed by atoms with Gasteiger partial charge in [-0.2, -0.15) is 0 Å². The van der Waals surface area contributed by atoms with E-state index >= 15 is 0 Å². The maximum absolute atomic E-state index is 13.2. The van der Waals surface area contributed by atoms with Crippen molar-refractivity contribution in [2.45, 2.75) is 25.5 Å². The van der Waals surface area contributed by atoms with Crippen molar-refractivity contribution in [3.05, 3.63) is 84.2 Å². The number of carbonyl (C=O) groups excluding carboxylic acids is 1. The van der Waals surface area contributed by atoms with Gasteiger partial charge >= 0.3 is 0 Å². The fourth-order valence-corrected chi connectivity index (χ4v) is 4.68. The first-order valence-corrected chi connectivity index (χ1v) is 11.4. The number of anilines is 1. The molecule has 4 heterocycles. The van der Waals surface area contributed by atoms with E-state index < -0.39 is 5.60 Å². The summed E-state index contributed by atoms with van der Waals surface area (Å²) in [6, 6.07) is 13.5. The molecule has 1 aliphatic rings. The summed E-state index contributed by atoms with van der Waals surface area (Å²) in [6.07, 6.45) is 7.73. The number of carbonyl (C=O) groups is 1. The van der Waals surface area contributed by atoms with E-state index in [4.69, 9.17) is 0 Å². The summed E-state index contributed by atoms with van der Waals surface area (Å²) in [7, 11) is 1.75. The lowest BCUT2D eigenvalue weighted by molar-refractivity contribution is 0.0264. The van der Waals surface area contributed by atoms with Crippen LogP contribution < -0.4 is 4.90 Å². The zero-order valence-electron chi connectivity index (χ0n) is 19.4. The summed E-state index contributed by atoms with van der Waals surface area (Å²) in [5.41, 5.74) is 4.20. The molecule has 0 saturated carbocycles. The Hall–Kier alpha value is -3.78. The van der Waals surface area contributed by atoms with Crippen LogP contribution in [0.2, 0.25) is 0 Å². The molecule has 0 bridgehead atoms. The molecule has 1 amide bonds. The average molecular weight is 457 g/mol. The summed E-state index contributed by atoms with van der Waals surface area (Å²) in [5, 5.41) is 11.4. The molecular formula is C26H28N6O2. The fraction of sp³-hybridized carbons (Fsp3) is 0.308. The molecule has 1 fully saturated rings. The van der Waals surface area contributed by atoms with Gasteiger partial charge in [-0.1, -0.05) is 12.1 Å². The summed E-state index contributed by atoms with van der Waals surface area (Å²) in [5.74, 6) is -0.106. The van der Waals surface area contributed by atoms with Crippen LogP contribution in [-0.2, 0) is 6.54 Å². The molecule has 8 nitrogen and oxygen atoms in total. The highest BCUT2D eigenvalue weighted by atomic mass is 16.3. The Morgan fingerprint density at radius 2 is 2.09 bits per heavy atom. The first-order valence-electron chi connectivity index (χ1n) is 11.4. The summed E-state index contributed by atoms with van der Waals surface area (Å²) in [6.45, 7) is 3.98. The third-order valence-electron chi connectivity index (χ3n) is 6.35. The van der Waals surface area contributed by atoms with Gasteiger partial charge in [0.05, 0.1) is 24.1 Å². The van der Waals surface area contributed by atoms with Gasteiger partial charge in [0.1, 0.15) is 11.1 Å². The smallest absolute Gasteiger partial charge is 0.253 e. The topological polar surface area (TPSA) is 87.4 Å². The van der Waals surface area contributed by atoms with Gasteiger partial charge in [0.15, 0.2) is 0 Å². The van der Waals surface area contributed by atoms with Crippen LogP contribution >= 0.6 is 0 Å². The Morgan fingerprint density at radius 1 is 1.21 bits per heavy atom. The minimum Gasteiger partial charge on any atom is -0.386 e. The van der Waals surface area contributed by atoms with Crippen molar-refractivity contribution < 1.29 is 9.90 Å². The normalized spacial score (nSPS) is 17.9. The number of rotatable bonds is 6. The van der Waals surface area contributed by atoms with Crippen molar-refractivity contribution in [3.8, 4) is 0 Å². The van der Waals surface area contributed by atoms with Crippen LogP contribution in [0.1, 0.15) is 28.0 Å². The van der Waals surface area contributed by atoms with Crippen molar-refractivity contribution in [2.24, 2.45) is 0 Å². The molecule has 174 valence electrons. The van der Waals surface area contributed by atoms with E-state index in [2.05, 4.69) is 19.9 Å². The van der Waals surface area contributed by atoms with Crippen LogP contribution in [0.5, 0.6) is 0 Å². The van der Waals surface area contributed by atoms with Gasteiger partial charge in [-0.3, -0.25) is 9.78 Å². The van der Waals surface area contributed by atoms with Gasteiger partial charge in [0.25, 0.3) is 5.91 Å². The minimum atomic E-state index is -1.00. The second-order valence-corrected chi connectivity index (χ2v) is 9.14. The number of β-amino-alcohol motifs (C(OH)–C–C–N with tert-alkyl or cyclic N) is 1. The van der Waals surface area contributed by atoms with Gasteiger partial charge in [-0.15, -0.1) is 0 Å². The van der Waals surface area contributed by atoms with Crippen molar-refractivity contribution in [2.75, 3.05) is 31.6 Å². The molecule has 8 heteroatoms. The third-order valence-corrected chi connectivity index (χ3v) is 6.35. The van der Waals surface area contributed by atoms with E-state index in [-0.39, 0.29) is 12.5 Å². The highest BCUT2D eigenvalue weighted by Gasteiger charge is 2.38. The number of hydrogen-bond acceptors (Lipinski definition) is 6. The molecule has 0 unspecified atom stereocenters. The number of aromatic nitrogens is 4. The molecule has 1 aromatic carbocycles. The molecule has 1 N–H and O–H groups in total. The van der Waals surface area contributed by atoms with Crippen LogP contribution in [0.3, 0.4) is 0 Å². The standard InChI is InChI=1S/C26H28N6O2/c1-19-6-7-22-24(29-19)23(8-10-28-22)32-12-9-26(34,17-32)16-30(2)25(33)21-5-3-4-20(14-21)15-31-13-11-27-18-31/h3-8,10-11,13-14,18,34H,9,12,15-17H2,1-2H3/t26-/m0/s1. The Labute approximate surface area is 198 Å². The van der Waals surface area contributed by atoms with E-state index in [1.165, 1.54) is 0 Å². The third kappa shape index (κ3) is 4.49. The Morgan fingerprint density at radius 3 is 2.91 bits per heavy atom. The van der Waals surface area contributed by atoms with Gasteiger partial charge in [-0.05, 0) is 49.2 Å². The molecular weight excluding hydrogens is 428 g/mol. The molecule has 5 rings (SSSR count). The van der Waals surface area contributed by atoms with Crippen LogP contribution in [-0.4, -0.2) is 67.7 Å². The number of imidazole rings is 1. The summed E-state index contributed by atoms with van der Waals surface area (Å²) in [4.78, 5) is 30.1. The number of likely N-dealkylation sites (N-methyl/N-ethyl adjacent to an activating group) is 1. The van der Waals surface area contributed by atoms with Crippen LogP contribution in [0.25, 0.3) is 11.0 Å². The van der Waals surface area contributed by atoms with E-state index in [0.29, 0.717) is 31.6 Å². The number of aryl methyl sites for hydroxylation is 1. The van der Waals surface area contributed by atoms with Crippen LogP contribution in [0, 0.1) is 6.92 Å². The van der Waals surface area contributed by atoms with Crippen LogP contribution in [0.4, 0.5) is 5.69 Å². The molecule has 0 aliphatic carbocycles. The number of aliphatic hydroxyl groups is 1. The monoisotopic (exact) mass is 456 g/mol. The van der Waals surface area contributed by atoms with E-state index in [1.807, 2.05) is 60.2 Å². The molecule has 1 saturated heterocycles. The molecule has 1 aliphatic heterocycles. The lowest BCUT2D eigenvalue weighted by Gasteiger charge is -2.29. The quantitative estimate of drug-likeness (QED) is 0.480. The predicted octanol–water partition coefficient (Wildman–Crippen LogP) is 2.90. The van der Waals surface area contributed by atoms with Crippen molar-refractivity contribution in [3.63, 3.8) is 0 Å². The molecule has 0 spiro atoms. The highest BCUT2D eigenvalue weighted by molar-refractivity contribution is 5.94. The summed E-state index contributed by atoms with van der Waals surface area (Å²) < 4.78 is 1.96. The second-order valence-electron chi connectivity index (χ2n) is 9.14. The average Bonchev–Trinajstić information content (AvgIpc) is 3.48. The molecule has 4 aromatic rings. The SMILES string of the molecule is Cc1ccc2nccc(N3CC[C@](O)(CN(C)C(=O)c4cccc(Cn5ccnc5)c4)C3)c2n1. The van der Waals surface area contributed by atoms with Gasteiger partial charge in [0.2, 0.25) is 0 Å². The van der Waals surface area contributed by atoms with Gasteiger partial charge in [-0.25, -0.2) is 9.97 Å². The second kappa shape index (κ2) is 8.87. The zero-order chi connectivity index (χ0) is 23.7. The van der Waals surface area contributed by atoms with Crippen molar-refractivity contribution in [1.82, 2.24) is 24.4 Å². The molecule has 34 heavy (non-hydrogen) atoms. The van der Waals surface area contributed by atoms with Gasteiger partial charge in [0, 0.05) is 56.5 Å². The van der Waals surface area contributed by atoms with Crippen molar-refractivity contribution >= 4 is 22.6 Å². The minimum absolute atomic E-state index is 0.106. The number of fused-ring (bicyclic) bond motifs is 1. The molecule has 3 aromatic heterocycles. The lowest BCUT2D eigenvalue weighted by Crippen LogP contribution is -2.45. The van der Waals surface area contributed by atoms with Crippen LogP contribution in [0.15, 0.2) is 67.4 Å². The number of pyridine rings is 2. The Kier molecular flexibility index (Phi) is 5.75. The first-order chi connectivity index (χ1) is 16.4. The zero-order valence-corrected chi connectivity index (χ0v) is 19.4. The highest BCUT2D eigenvalue weighted by Crippen LogP contribution is 2.31. The number of nitrogens with zero attached hydrogens (tertiary/aromatic N) is 6. The van der Waals surface area contributed by atoms with E-state index in [1.54, 1.807) is 30.7 Å². The van der Waals surface area contributed by atoms with E-state index in [0.717, 1.165) is 28.0 Å². The lowest BCUT2D eigenvalue weighted by atomic mass is 10.0. The number of hydrogen-bond donors (Lipinski definition) is 1. The first kappa shape index (κ1) is 22.0.